The molecule has 10 heteroatoms. The van der Waals surface area contributed by atoms with Gasteiger partial charge in [0, 0.05) is 16.1 Å². The molecular formula is C25H17F4NO4S. The summed E-state index contributed by atoms with van der Waals surface area (Å²) in [6.45, 7) is 0. The summed E-state index contributed by atoms with van der Waals surface area (Å²) in [5.74, 6) is -4.07. The Bertz CT molecular complexity index is 1260. The number of alkyl halides is 3. The second-order valence-electron chi connectivity index (χ2n) is 7.65. The van der Waals surface area contributed by atoms with Crippen molar-refractivity contribution in [3.8, 4) is 5.75 Å². The van der Waals surface area contributed by atoms with Crippen LogP contribution in [0, 0.1) is 11.7 Å². The zero-order valence-electron chi connectivity index (χ0n) is 18.1. The Hall–Kier alpha value is -3.66. The summed E-state index contributed by atoms with van der Waals surface area (Å²) in [6.07, 6.45) is 0. The monoisotopic (exact) mass is 503 g/mol. The van der Waals surface area contributed by atoms with Crippen molar-refractivity contribution < 1.29 is 36.7 Å². The molecule has 1 fully saturated rings. The molecule has 1 saturated heterocycles. The highest BCUT2D eigenvalue weighted by molar-refractivity contribution is 8.00. The number of thioether (sulfide) groups is 1. The molecule has 0 radical (unpaired) electrons. The summed E-state index contributed by atoms with van der Waals surface area (Å²) >= 11 is -0.319. The summed E-state index contributed by atoms with van der Waals surface area (Å²) in [4.78, 5) is 40.5. The maximum atomic E-state index is 13.6. The third-order valence-electron chi connectivity index (χ3n) is 5.52. The van der Waals surface area contributed by atoms with Crippen LogP contribution >= 0.6 is 11.8 Å². The van der Waals surface area contributed by atoms with Crippen LogP contribution in [0.3, 0.4) is 0 Å². The van der Waals surface area contributed by atoms with Crippen LogP contribution in [0.5, 0.6) is 5.75 Å². The van der Waals surface area contributed by atoms with E-state index in [1.54, 1.807) is 0 Å². The predicted molar refractivity (Wildman–Crippen MR) is 121 cm³/mol. The van der Waals surface area contributed by atoms with Crippen LogP contribution < -0.4 is 9.64 Å². The molecule has 0 spiro atoms. The SMILES string of the molecule is COc1ccc(C(=O)C2C(=O)C(=O)N(c3ccc(SC(F)(F)F)cc3)C2c2ccc(F)cc2)cc1. The second-order valence-corrected chi connectivity index (χ2v) is 8.79. The van der Waals surface area contributed by atoms with Gasteiger partial charge in [0.2, 0.25) is 5.78 Å². The average Bonchev–Trinajstić information content (AvgIpc) is 3.09. The Morgan fingerprint density at radius 2 is 1.51 bits per heavy atom. The molecule has 3 aromatic rings. The molecule has 1 amide bonds. The summed E-state index contributed by atoms with van der Waals surface area (Å²) in [7, 11) is 1.46. The number of carbonyl (C=O) groups excluding carboxylic acids is 3. The zero-order chi connectivity index (χ0) is 25.3. The van der Waals surface area contributed by atoms with Gasteiger partial charge in [-0.25, -0.2) is 4.39 Å². The number of hydrogen-bond donors (Lipinski definition) is 0. The number of nitrogens with zero attached hydrogens (tertiary/aromatic N) is 1. The van der Waals surface area contributed by atoms with E-state index >= 15 is 0 Å². The Morgan fingerprint density at radius 3 is 2.06 bits per heavy atom. The van der Waals surface area contributed by atoms with Gasteiger partial charge in [0.1, 0.15) is 17.5 Å². The van der Waals surface area contributed by atoms with E-state index in [1.165, 1.54) is 67.8 Å². The van der Waals surface area contributed by atoms with E-state index in [9.17, 15) is 31.9 Å². The standard InChI is InChI=1S/C25H17F4NO4S/c1-34-18-10-4-15(5-11-18)22(31)20-21(14-2-6-16(26)7-3-14)30(24(33)23(20)32)17-8-12-19(13-9-17)35-25(27,28)29/h2-13,20-21H,1H3. The number of amides is 1. The average molecular weight is 503 g/mol. The van der Waals surface area contributed by atoms with Crippen molar-refractivity contribution in [2.24, 2.45) is 5.92 Å². The Kier molecular flexibility index (Phi) is 6.66. The molecule has 5 nitrogen and oxygen atoms in total. The molecule has 0 aliphatic carbocycles. The van der Waals surface area contributed by atoms with Gasteiger partial charge in [0.25, 0.3) is 5.91 Å². The van der Waals surface area contributed by atoms with Crippen molar-refractivity contribution in [1.29, 1.82) is 0 Å². The highest BCUT2D eigenvalue weighted by Crippen LogP contribution is 2.43. The molecule has 2 unspecified atom stereocenters. The number of anilines is 1. The minimum atomic E-state index is -4.49. The third kappa shape index (κ3) is 5.07. The van der Waals surface area contributed by atoms with E-state index in [2.05, 4.69) is 0 Å². The number of carbonyl (C=O) groups is 3. The molecule has 0 N–H and O–H groups in total. The smallest absolute Gasteiger partial charge is 0.446 e. The van der Waals surface area contributed by atoms with Gasteiger partial charge >= 0.3 is 5.51 Å². The fourth-order valence-electron chi connectivity index (χ4n) is 3.96. The number of ether oxygens (including phenoxy) is 1. The van der Waals surface area contributed by atoms with Crippen LogP contribution in [0.15, 0.2) is 77.7 Å². The number of ketones is 2. The summed E-state index contributed by atoms with van der Waals surface area (Å²) in [5, 5.41) is 0. The molecule has 180 valence electrons. The van der Waals surface area contributed by atoms with E-state index < -0.39 is 40.8 Å². The highest BCUT2D eigenvalue weighted by atomic mass is 32.2. The van der Waals surface area contributed by atoms with Crippen LogP contribution in [0.25, 0.3) is 0 Å². The molecule has 35 heavy (non-hydrogen) atoms. The van der Waals surface area contributed by atoms with Crippen molar-refractivity contribution in [2.75, 3.05) is 12.0 Å². The van der Waals surface area contributed by atoms with Gasteiger partial charge in [-0.05, 0) is 78.0 Å². The quantitative estimate of drug-likeness (QED) is 0.144. The normalized spacial score (nSPS) is 18.1. The van der Waals surface area contributed by atoms with Crippen molar-refractivity contribution >= 4 is 34.9 Å². The van der Waals surface area contributed by atoms with Crippen LogP contribution in [-0.2, 0) is 9.59 Å². The van der Waals surface area contributed by atoms with E-state index in [1.807, 2.05) is 0 Å². The van der Waals surface area contributed by atoms with Gasteiger partial charge in [0.05, 0.1) is 13.2 Å². The molecule has 1 aliphatic heterocycles. The summed E-state index contributed by atoms with van der Waals surface area (Å²) < 4.78 is 56.8. The van der Waals surface area contributed by atoms with Crippen molar-refractivity contribution in [3.05, 3.63) is 89.7 Å². The van der Waals surface area contributed by atoms with Gasteiger partial charge in [-0.3, -0.25) is 19.3 Å². The fraction of sp³-hybridized carbons (Fsp3) is 0.160. The topological polar surface area (TPSA) is 63.7 Å². The fourth-order valence-corrected chi connectivity index (χ4v) is 4.49. The predicted octanol–water partition coefficient (Wildman–Crippen LogP) is 5.60. The molecular weight excluding hydrogens is 486 g/mol. The number of benzene rings is 3. The first-order valence-corrected chi connectivity index (χ1v) is 11.1. The Labute approximate surface area is 201 Å². The molecule has 3 aromatic carbocycles. The molecule has 1 aliphatic rings. The van der Waals surface area contributed by atoms with Gasteiger partial charge in [0.15, 0.2) is 5.78 Å². The molecule has 2 atom stereocenters. The maximum Gasteiger partial charge on any atom is 0.446 e. The maximum absolute atomic E-state index is 13.6. The van der Waals surface area contributed by atoms with Crippen LogP contribution in [0.2, 0.25) is 0 Å². The number of hydrogen-bond acceptors (Lipinski definition) is 5. The van der Waals surface area contributed by atoms with E-state index in [-0.39, 0.29) is 27.9 Å². The lowest BCUT2D eigenvalue weighted by Gasteiger charge is -2.27. The number of methoxy groups -OCH3 is 1. The van der Waals surface area contributed by atoms with Gasteiger partial charge in [-0.2, -0.15) is 13.2 Å². The van der Waals surface area contributed by atoms with Crippen LogP contribution in [0.4, 0.5) is 23.2 Å². The third-order valence-corrected chi connectivity index (χ3v) is 6.26. The first-order valence-electron chi connectivity index (χ1n) is 10.3. The molecule has 0 aromatic heterocycles. The summed E-state index contributed by atoms with van der Waals surface area (Å²) in [6, 6.07) is 14.8. The van der Waals surface area contributed by atoms with E-state index in [0.717, 1.165) is 17.0 Å². The minimum absolute atomic E-state index is 0.108. The largest absolute Gasteiger partial charge is 0.497 e. The highest BCUT2D eigenvalue weighted by Gasteiger charge is 2.52. The number of rotatable bonds is 6. The van der Waals surface area contributed by atoms with E-state index in [0.29, 0.717) is 11.3 Å². The van der Waals surface area contributed by atoms with Gasteiger partial charge in [-0.1, -0.05) is 12.1 Å². The van der Waals surface area contributed by atoms with Gasteiger partial charge < -0.3 is 4.74 Å². The van der Waals surface area contributed by atoms with E-state index in [4.69, 9.17) is 4.74 Å². The van der Waals surface area contributed by atoms with Crippen molar-refractivity contribution in [3.63, 3.8) is 0 Å². The van der Waals surface area contributed by atoms with Crippen molar-refractivity contribution in [1.82, 2.24) is 0 Å². The first kappa shape index (κ1) is 24.5. The lowest BCUT2D eigenvalue weighted by Crippen LogP contribution is -2.30. The molecule has 0 bridgehead atoms. The molecule has 0 saturated carbocycles. The first-order chi connectivity index (χ1) is 16.6. The lowest BCUT2D eigenvalue weighted by molar-refractivity contribution is -0.135. The molecule has 1 heterocycles. The zero-order valence-corrected chi connectivity index (χ0v) is 18.9. The Morgan fingerprint density at radius 1 is 0.914 bits per heavy atom. The number of Topliss-reactive ketones (excluding diaryl/α,β-unsaturated/α-hetero) is 2. The Balaban J connectivity index is 1.76. The lowest BCUT2D eigenvalue weighted by atomic mass is 9.86. The van der Waals surface area contributed by atoms with Crippen molar-refractivity contribution in [2.45, 2.75) is 16.4 Å². The van der Waals surface area contributed by atoms with Crippen LogP contribution in [0.1, 0.15) is 22.0 Å². The minimum Gasteiger partial charge on any atom is -0.497 e. The number of halogens is 4. The second kappa shape index (κ2) is 9.53. The van der Waals surface area contributed by atoms with Gasteiger partial charge in [-0.15, -0.1) is 0 Å². The molecule has 4 rings (SSSR count). The summed E-state index contributed by atoms with van der Waals surface area (Å²) in [5.41, 5.74) is -3.86. The van der Waals surface area contributed by atoms with Crippen LogP contribution in [-0.4, -0.2) is 30.1 Å².